The molecule has 0 aromatic heterocycles. The van der Waals surface area contributed by atoms with Gasteiger partial charge in [0.05, 0.1) is 4.90 Å². The maximum Gasteiger partial charge on any atom is 0.341 e. The molecule has 2 N–H and O–H groups in total. The fourth-order valence-electron chi connectivity index (χ4n) is 1.40. The van der Waals surface area contributed by atoms with E-state index in [9.17, 15) is 22.0 Å². The Bertz CT molecular complexity index is 574. The van der Waals surface area contributed by atoms with Gasteiger partial charge in [0.15, 0.2) is 0 Å². The van der Waals surface area contributed by atoms with Crippen LogP contribution in [0.4, 0.5) is 19.3 Å². The number of alkyl halides is 2. The zero-order valence-corrected chi connectivity index (χ0v) is 12.5. The van der Waals surface area contributed by atoms with Crippen LogP contribution in [0, 0.1) is 0 Å². The van der Waals surface area contributed by atoms with Crippen LogP contribution >= 0.6 is 0 Å². The molecule has 0 aliphatic heterocycles. The van der Waals surface area contributed by atoms with Crippen molar-refractivity contribution in [3.8, 4) is 0 Å². The molecule has 0 saturated heterocycles. The van der Waals surface area contributed by atoms with Gasteiger partial charge in [0, 0.05) is 32.9 Å². The number of urea groups is 1. The highest BCUT2D eigenvalue weighted by molar-refractivity contribution is 7.91. The van der Waals surface area contributed by atoms with Gasteiger partial charge in [0.1, 0.15) is 0 Å². The number of hydrogen-bond acceptors (Lipinski definition) is 4. The van der Waals surface area contributed by atoms with Crippen LogP contribution in [0.5, 0.6) is 0 Å². The summed E-state index contributed by atoms with van der Waals surface area (Å²) in [6.45, 7) is 0.786. The Labute approximate surface area is 122 Å². The van der Waals surface area contributed by atoms with Crippen molar-refractivity contribution < 1.29 is 22.0 Å². The summed E-state index contributed by atoms with van der Waals surface area (Å²) in [6.07, 6.45) is 0. The standard InChI is InChI=1S/C12H17F2N3O3S/c1-17(2)12(18)16-8-7-15-9-3-5-10(6-4-9)21(19,20)11(13)14/h3-6,11,15H,7-8H2,1-2H3,(H,16,18). The smallest absolute Gasteiger partial charge is 0.341 e. The van der Waals surface area contributed by atoms with Gasteiger partial charge in [-0.15, -0.1) is 0 Å². The normalized spacial score (nSPS) is 11.3. The van der Waals surface area contributed by atoms with Crippen LogP contribution in [-0.4, -0.2) is 52.3 Å². The first kappa shape index (κ1) is 17.2. The van der Waals surface area contributed by atoms with Crippen molar-refractivity contribution in [3.05, 3.63) is 24.3 Å². The third-order valence-electron chi connectivity index (χ3n) is 2.55. The highest BCUT2D eigenvalue weighted by Gasteiger charge is 2.26. The van der Waals surface area contributed by atoms with Crippen LogP contribution in [-0.2, 0) is 9.84 Å². The molecular formula is C12H17F2N3O3S. The maximum atomic E-state index is 12.3. The van der Waals surface area contributed by atoms with Gasteiger partial charge in [-0.3, -0.25) is 0 Å². The fourth-order valence-corrected chi connectivity index (χ4v) is 2.12. The number of carbonyl (C=O) groups is 1. The van der Waals surface area contributed by atoms with E-state index in [-0.39, 0.29) is 6.03 Å². The molecular weight excluding hydrogens is 304 g/mol. The lowest BCUT2D eigenvalue weighted by Gasteiger charge is -2.12. The van der Waals surface area contributed by atoms with E-state index in [4.69, 9.17) is 0 Å². The minimum absolute atomic E-state index is 0.227. The molecule has 21 heavy (non-hydrogen) atoms. The van der Waals surface area contributed by atoms with Crippen molar-refractivity contribution in [1.82, 2.24) is 10.2 Å². The zero-order valence-electron chi connectivity index (χ0n) is 11.6. The molecule has 0 heterocycles. The molecule has 0 unspecified atom stereocenters. The quantitative estimate of drug-likeness (QED) is 0.776. The molecule has 0 aliphatic carbocycles. The molecule has 1 rings (SSSR count). The number of halogens is 2. The minimum atomic E-state index is -4.56. The molecule has 0 fully saturated rings. The van der Waals surface area contributed by atoms with E-state index in [2.05, 4.69) is 10.6 Å². The van der Waals surface area contributed by atoms with Crippen molar-refractivity contribution in [2.45, 2.75) is 10.7 Å². The topological polar surface area (TPSA) is 78.5 Å². The number of carbonyl (C=O) groups excluding carboxylic acids is 1. The molecule has 0 radical (unpaired) electrons. The average Bonchev–Trinajstić information content (AvgIpc) is 2.43. The first-order chi connectivity index (χ1) is 9.75. The van der Waals surface area contributed by atoms with Gasteiger partial charge in [-0.05, 0) is 24.3 Å². The first-order valence-corrected chi connectivity index (χ1v) is 7.61. The van der Waals surface area contributed by atoms with Crippen molar-refractivity contribution in [2.75, 3.05) is 32.5 Å². The molecule has 0 bridgehead atoms. The molecule has 1 aromatic rings. The predicted octanol–water partition coefficient (Wildman–Crippen LogP) is 1.37. The van der Waals surface area contributed by atoms with Crippen LogP contribution in [0.25, 0.3) is 0 Å². The lowest BCUT2D eigenvalue weighted by Crippen LogP contribution is -2.37. The molecule has 118 valence electrons. The summed E-state index contributed by atoms with van der Waals surface area (Å²) >= 11 is 0. The van der Waals surface area contributed by atoms with Gasteiger partial charge in [-0.1, -0.05) is 0 Å². The molecule has 0 atom stereocenters. The van der Waals surface area contributed by atoms with Crippen LogP contribution < -0.4 is 10.6 Å². The second-order valence-electron chi connectivity index (χ2n) is 4.38. The van der Waals surface area contributed by atoms with Gasteiger partial charge in [-0.2, -0.15) is 8.78 Å². The molecule has 2 amide bonds. The van der Waals surface area contributed by atoms with Crippen LogP contribution in [0.1, 0.15) is 0 Å². The summed E-state index contributed by atoms with van der Waals surface area (Å²) in [7, 11) is -1.33. The fraction of sp³-hybridized carbons (Fsp3) is 0.417. The number of rotatable bonds is 6. The predicted molar refractivity (Wildman–Crippen MR) is 75.2 cm³/mol. The van der Waals surface area contributed by atoms with Gasteiger partial charge in [0.25, 0.3) is 0 Å². The third kappa shape index (κ3) is 4.85. The SMILES string of the molecule is CN(C)C(=O)NCCNc1ccc(S(=O)(=O)C(F)F)cc1. The van der Waals surface area contributed by atoms with Crippen molar-refractivity contribution in [2.24, 2.45) is 0 Å². The lowest BCUT2D eigenvalue weighted by molar-refractivity contribution is 0.218. The molecule has 0 aliphatic rings. The van der Waals surface area contributed by atoms with Gasteiger partial charge < -0.3 is 15.5 Å². The van der Waals surface area contributed by atoms with E-state index >= 15 is 0 Å². The summed E-state index contributed by atoms with van der Waals surface area (Å²) in [4.78, 5) is 12.2. The Balaban J connectivity index is 2.51. The Morgan fingerprint density at radius 2 is 1.76 bits per heavy atom. The second kappa shape index (κ2) is 7.21. The van der Waals surface area contributed by atoms with Crippen molar-refractivity contribution in [3.63, 3.8) is 0 Å². The Morgan fingerprint density at radius 1 is 1.19 bits per heavy atom. The number of sulfone groups is 1. The number of nitrogens with one attached hydrogen (secondary N) is 2. The third-order valence-corrected chi connectivity index (χ3v) is 3.95. The monoisotopic (exact) mass is 321 g/mol. The highest BCUT2D eigenvalue weighted by atomic mass is 32.2. The van der Waals surface area contributed by atoms with Crippen LogP contribution in [0.15, 0.2) is 29.2 Å². The summed E-state index contributed by atoms with van der Waals surface area (Å²) in [6, 6.07) is 4.78. The van der Waals surface area contributed by atoms with Gasteiger partial charge in [-0.25, -0.2) is 13.2 Å². The number of nitrogens with zero attached hydrogens (tertiary/aromatic N) is 1. The average molecular weight is 321 g/mol. The highest BCUT2D eigenvalue weighted by Crippen LogP contribution is 2.19. The molecule has 6 nitrogen and oxygen atoms in total. The Hall–Kier alpha value is -1.90. The summed E-state index contributed by atoms with van der Waals surface area (Å²) in [5.74, 6) is -3.43. The number of anilines is 1. The van der Waals surface area contributed by atoms with E-state index < -0.39 is 20.5 Å². The van der Waals surface area contributed by atoms with E-state index in [0.29, 0.717) is 18.8 Å². The van der Waals surface area contributed by atoms with E-state index in [1.54, 1.807) is 14.1 Å². The van der Waals surface area contributed by atoms with Crippen molar-refractivity contribution >= 4 is 21.6 Å². The van der Waals surface area contributed by atoms with Crippen LogP contribution in [0.2, 0.25) is 0 Å². The molecule has 1 aromatic carbocycles. The summed E-state index contributed by atoms with van der Waals surface area (Å²) in [5.41, 5.74) is 0.572. The second-order valence-corrected chi connectivity index (χ2v) is 6.30. The largest absolute Gasteiger partial charge is 0.383 e. The van der Waals surface area contributed by atoms with E-state index in [1.807, 2.05) is 0 Å². The Kier molecular flexibility index (Phi) is 5.89. The maximum absolute atomic E-state index is 12.3. The number of hydrogen-bond donors (Lipinski definition) is 2. The van der Waals surface area contributed by atoms with Crippen molar-refractivity contribution in [1.29, 1.82) is 0 Å². The van der Waals surface area contributed by atoms with E-state index in [1.165, 1.54) is 17.0 Å². The lowest BCUT2D eigenvalue weighted by atomic mass is 10.3. The summed E-state index contributed by atoms with van der Waals surface area (Å²) in [5, 5.41) is 5.56. The summed E-state index contributed by atoms with van der Waals surface area (Å²) < 4.78 is 47.1. The number of amides is 2. The molecule has 0 saturated carbocycles. The molecule has 0 spiro atoms. The zero-order chi connectivity index (χ0) is 16.0. The number of benzene rings is 1. The van der Waals surface area contributed by atoms with E-state index in [0.717, 1.165) is 12.1 Å². The Morgan fingerprint density at radius 3 is 2.24 bits per heavy atom. The minimum Gasteiger partial charge on any atom is -0.383 e. The van der Waals surface area contributed by atoms with Gasteiger partial charge in [0.2, 0.25) is 9.84 Å². The van der Waals surface area contributed by atoms with Crippen LogP contribution in [0.3, 0.4) is 0 Å². The van der Waals surface area contributed by atoms with Gasteiger partial charge >= 0.3 is 11.8 Å². The first-order valence-electron chi connectivity index (χ1n) is 6.06. The molecule has 9 heteroatoms.